The van der Waals surface area contributed by atoms with Crippen molar-refractivity contribution in [1.82, 2.24) is 19.7 Å². The zero-order valence-corrected chi connectivity index (χ0v) is 16.1. The van der Waals surface area contributed by atoms with Gasteiger partial charge in [0.25, 0.3) is 5.69 Å². The number of nitrogens with zero attached hydrogens (tertiary/aromatic N) is 5. The molecule has 0 radical (unpaired) electrons. The van der Waals surface area contributed by atoms with E-state index in [0.29, 0.717) is 17.5 Å². The van der Waals surface area contributed by atoms with E-state index in [-0.39, 0.29) is 20.4 Å². The van der Waals surface area contributed by atoms with Gasteiger partial charge in [0, 0.05) is 18.7 Å². The molecule has 2 heterocycles. The van der Waals surface area contributed by atoms with Gasteiger partial charge in [-0.15, -0.1) is 10.2 Å². The fourth-order valence-electron chi connectivity index (χ4n) is 2.27. The Labute approximate surface area is 169 Å². The summed E-state index contributed by atoms with van der Waals surface area (Å²) in [6.45, 7) is 0. The Kier molecular flexibility index (Phi) is 5.50. The minimum Gasteiger partial charge on any atom is -0.305 e. The highest BCUT2D eigenvalue weighted by Gasteiger charge is 2.33. The predicted molar refractivity (Wildman–Crippen MR) is 96.5 cm³/mol. The van der Waals surface area contributed by atoms with E-state index in [2.05, 4.69) is 15.2 Å². The SMILES string of the molecule is Cn1c(Sc2ccc(C(F)(F)F)cc2[N+](=O)[O-])nnc1-c1cc(Cl)nc(Cl)c1. The van der Waals surface area contributed by atoms with Gasteiger partial charge in [-0.3, -0.25) is 10.1 Å². The maximum Gasteiger partial charge on any atom is 0.416 e. The van der Waals surface area contributed by atoms with E-state index in [4.69, 9.17) is 23.2 Å². The molecule has 0 aliphatic carbocycles. The Bertz CT molecular complexity index is 1050. The number of halogens is 5. The predicted octanol–water partition coefficient (Wildman–Crippen LogP) is 5.26. The topological polar surface area (TPSA) is 86.7 Å². The lowest BCUT2D eigenvalue weighted by atomic mass is 10.2. The molecule has 0 atom stereocenters. The highest BCUT2D eigenvalue weighted by atomic mass is 35.5. The number of aromatic nitrogens is 4. The van der Waals surface area contributed by atoms with Gasteiger partial charge in [0.2, 0.25) is 0 Å². The number of pyridine rings is 1. The van der Waals surface area contributed by atoms with Crippen LogP contribution in [0.5, 0.6) is 0 Å². The first-order chi connectivity index (χ1) is 13.1. The molecular formula is C15H8Cl2F3N5O2S. The molecule has 0 aliphatic rings. The van der Waals surface area contributed by atoms with E-state index in [0.717, 1.165) is 23.9 Å². The molecule has 2 aromatic heterocycles. The third-order valence-electron chi connectivity index (χ3n) is 3.54. The second kappa shape index (κ2) is 7.57. The lowest BCUT2D eigenvalue weighted by Gasteiger charge is -2.08. The van der Waals surface area contributed by atoms with Gasteiger partial charge in [0.1, 0.15) is 10.3 Å². The van der Waals surface area contributed by atoms with Crippen molar-refractivity contribution in [3.8, 4) is 11.4 Å². The van der Waals surface area contributed by atoms with Gasteiger partial charge in [-0.25, -0.2) is 4.98 Å². The lowest BCUT2D eigenvalue weighted by Crippen LogP contribution is -2.06. The van der Waals surface area contributed by atoms with Crippen molar-refractivity contribution in [2.24, 2.45) is 7.05 Å². The van der Waals surface area contributed by atoms with Crippen molar-refractivity contribution < 1.29 is 18.1 Å². The Morgan fingerprint density at radius 3 is 2.36 bits per heavy atom. The average molecular weight is 450 g/mol. The van der Waals surface area contributed by atoms with Crippen LogP contribution in [0.1, 0.15) is 5.56 Å². The molecule has 7 nitrogen and oxygen atoms in total. The number of nitro benzene ring substituents is 1. The summed E-state index contributed by atoms with van der Waals surface area (Å²) in [7, 11) is 1.59. The van der Waals surface area contributed by atoms with Crippen LogP contribution in [0.2, 0.25) is 10.3 Å². The Morgan fingerprint density at radius 2 is 1.79 bits per heavy atom. The summed E-state index contributed by atoms with van der Waals surface area (Å²) in [6.07, 6.45) is -4.69. The first kappa shape index (κ1) is 20.4. The van der Waals surface area contributed by atoms with Crippen LogP contribution in [0.15, 0.2) is 40.4 Å². The Morgan fingerprint density at radius 1 is 1.14 bits per heavy atom. The summed E-state index contributed by atoms with van der Waals surface area (Å²) in [5.74, 6) is 0.350. The molecule has 0 fully saturated rings. The molecule has 0 saturated heterocycles. The molecule has 0 saturated carbocycles. The molecule has 146 valence electrons. The molecule has 0 N–H and O–H groups in total. The molecule has 0 bridgehead atoms. The molecule has 28 heavy (non-hydrogen) atoms. The lowest BCUT2D eigenvalue weighted by molar-refractivity contribution is -0.388. The minimum atomic E-state index is -4.69. The molecule has 0 spiro atoms. The van der Waals surface area contributed by atoms with E-state index >= 15 is 0 Å². The Hall–Kier alpha value is -2.37. The molecule has 0 aliphatic heterocycles. The summed E-state index contributed by atoms with van der Waals surface area (Å²) in [5.41, 5.74) is -1.28. The van der Waals surface area contributed by atoms with E-state index in [1.54, 1.807) is 7.05 Å². The smallest absolute Gasteiger partial charge is 0.305 e. The highest BCUT2D eigenvalue weighted by Crippen LogP contribution is 2.39. The normalized spacial score (nSPS) is 11.6. The quantitative estimate of drug-likeness (QED) is 0.306. The van der Waals surface area contributed by atoms with E-state index in [9.17, 15) is 23.3 Å². The summed E-state index contributed by atoms with van der Waals surface area (Å²) in [6, 6.07) is 5.30. The zero-order valence-electron chi connectivity index (χ0n) is 13.7. The van der Waals surface area contributed by atoms with Gasteiger partial charge in [-0.05, 0) is 36.0 Å². The number of benzene rings is 1. The molecule has 0 amide bonds. The van der Waals surface area contributed by atoms with Gasteiger partial charge in [0.15, 0.2) is 11.0 Å². The van der Waals surface area contributed by atoms with Gasteiger partial charge >= 0.3 is 6.18 Å². The van der Waals surface area contributed by atoms with Crippen molar-refractivity contribution in [2.45, 2.75) is 16.2 Å². The third-order valence-corrected chi connectivity index (χ3v) is 5.03. The second-order valence-electron chi connectivity index (χ2n) is 5.41. The van der Waals surface area contributed by atoms with E-state index in [1.165, 1.54) is 16.7 Å². The standard InChI is InChI=1S/C15H8Cl2F3N5O2S/c1-24-13(7-4-11(16)21-12(17)5-7)22-23-14(24)28-10-3-2-8(15(18,19)20)6-9(10)25(26)27/h2-6H,1H3. The number of nitro groups is 1. The van der Waals surface area contributed by atoms with Crippen molar-refractivity contribution in [3.05, 3.63) is 56.3 Å². The second-order valence-corrected chi connectivity index (χ2v) is 7.19. The molecule has 13 heteroatoms. The molecule has 3 aromatic rings. The van der Waals surface area contributed by atoms with Crippen LogP contribution in [0, 0.1) is 10.1 Å². The highest BCUT2D eigenvalue weighted by molar-refractivity contribution is 7.99. The van der Waals surface area contributed by atoms with Crippen LogP contribution in [-0.4, -0.2) is 24.7 Å². The van der Waals surface area contributed by atoms with Crippen LogP contribution in [0.3, 0.4) is 0 Å². The van der Waals surface area contributed by atoms with Crippen LogP contribution in [-0.2, 0) is 13.2 Å². The molecule has 0 unspecified atom stereocenters. The summed E-state index contributed by atoms with van der Waals surface area (Å²) in [5, 5.41) is 19.7. The zero-order chi connectivity index (χ0) is 20.6. The number of hydrogen-bond acceptors (Lipinski definition) is 6. The van der Waals surface area contributed by atoms with Crippen LogP contribution >= 0.6 is 35.0 Å². The fraction of sp³-hybridized carbons (Fsp3) is 0.133. The summed E-state index contributed by atoms with van der Waals surface area (Å²) in [4.78, 5) is 14.2. The largest absolute Gasteiger partial charge is 0.416 e. The first-order valence-electron chi connectivity index (χ1n) is 7.32. The Balaban J connectivity index is 1.99. The number of alkyl halides is 3. The fourth-order valence-corrected chi connectivity index (χ4v) is 3.61. The van der Waals surface area contributed by atoms with Gasteiger partial charge in [-0.1, -0.05) is 23.2 Å². The van der Waals surface area contributed by atoms with Crippen LogP contribution in [0.4, 0.5) is 18.9 Å². The average Bonchev–Trinajstić information content (AvgIpc) is 2.94. The summed E-state index contributed by atoms with van der Waals surface area (Å²) >= 11 is 12.6. The van der Waals surface area contributed by atoms with Crippen molar-refractivity contribution in [3.63, 3.8) is 0 Å². The number of hydrogen-bond donors (Lipinski definition) is 0. The summed E-state index contributed by atoms with van der Waals surface area (Å²) < 4.78 is 40.0. The van der Waals surface area contributed by atoms with Crippen molar-refractivity contribution in [1.29, 1.82) is 0 Å². The van der Waals surface area contributed by atoms with Crippen LogP contribution < -0.4 is 0 Å². The van der Waals surface area contributed by atoms with E-state index < -0.39 is 22.4 Å². The molecular weight excluding hydrogens is 442 g/mol. The van der Waals surface area contributed by atoms with Crippen molar-refractivity contribution >= 4 is 40.7 Å². The number of rotatable bonds is 4. The van der Waals surface area contributed by atoms with Crippen molar-refractivity contribution in [2.75, 3.05) is 0 Å². The minimum absolute atomic E-state index is 0.00848. The maximum absolute atomic E-state index is 12.8. The monoisotopic (exact) mass is 449 g/mol. The van der Waals surface area contributed by atoms with Gasteiger partial charge in [-0.2, -0.15) is 13.2 Å². The third kappa shape index (κ3) is 4.21. The van der Waals surface area contributed by atoms with Crippen LogP contribution in [0.25, 0.3) is 11.4 Å². The molecule has 1 aromatic carbocycles. The van der Waals surface area contributed by atoms with E-state index in [1.807, 2.05) is 0 Å². The van der Waals surface area contributed by atoms with Gasteiger partial charge in [0.05, 0.1) is 15.4 Å². The molecule has 3 rings (SSSR count). The first-order valence-corrected chi connectivity index (χ1v) is 8.90. The van der Waals surface area contributed by atoms with Gasteiger partial charge < -0.3 is 4.57 Å². The maximum atomic E-state index is 12.8.